The molecule has 1 aromatic carbocycles. The molecule has 1 aromatic rings. The standard InChI is InChI=1S/C10H7BrF4O4/c11-1-2(16)9(17)3-5(12)7(14)4(10(18)19)8(15)6(3)13/h2,9,16-17H,1H2,(H,18,19). The van der Waals surface area contributed by atoms with Crippen LogP contribution in [-0.2, 0) is 0 Å². The summed E-state index contributed by atoms with van der Waals surface area (Å²) in [5, 5.41) is 26.7. The molecule has 1 rings (SSSR count). The zero-order valence-corrected chi connectivity index (χ0v) is 10.6. The van der Waals surface area contributed by atoms with Gasteiger partial charge in [0.1, 0.15) is 11.7 Å². The van der Waals surface area contributed by atoms with Gasteiger partial charge in [0.2, 0.25) is 0 Å². The number of hydrogen-bond donors (Lipinski definition) is 3. The first-order valence-corrected chi connectivity index (χ1v) is 5.87. The number of carboxylic acids is 1. The topological polar surface area (TPSA) is 77.8 Å². The molecule has 106 valence electrons. The molecule has 9 heteroatoms. The van der Waals surface area contributed by atoms with Crippen molar-refractivity contribution in [3.63, 3.8) is 0 Å². The second kappa shape index (κ2) is 5.85. The molecule has 0 heterocycles. The number of aromatic carboxylic acids is 1. The molecule has 19 heavy (non-hydrogen) atoms. The van der Waals surface area contributed by atoms with Gasteiger partial charge >= 0.3 is 5.97 Å². The first-order valence-electron chi connectivity index (χ1n) is 4.75. The van der Waals surface area contributed by atoms with Gasteiger partial charge in [-0.15, -0.1) is 0 Å². The molecular formula is C10H7BrF4O4. The molecule has 0 fully saturated rings. The van der Waals surface area contributed by atoms with Crippen LogP contribution in [0.2, 0.25) is 0 Å². The van der Waals surface area contributed by atoms with E-state index >= 15 is 0 Å². The number of hydrogen-bond acceptors (Lipinski definition) is 3. The van der Waals surface area contributed by atoms with Gasteiger partial charge in [0.25, 0.3) is 0 Å². The van der Waals surface area contributed by atoms with Crippen molar-refractivity contribution in [1.29, 1.82) is 0 Å². The lowest BCUT2D eigenvalue weighted by molar-refractivity contribution is 0.0284. The number of benzene rings is 1. The first-order chi connectivity index (χ1) is 8.73. The summed E-state index contributed by atoms with van der Waals surface area (Å²) >= 11 is 2.70. The quantitative estimate of drug-likeness (QED) is 0.441. The number of halogens is 5. The monoisotopic (exact) mass is 346 g/mol. The third kappa shape index (κ3) is 2.72. The lowest BCUT2D eigenvalue weighted by atomic mass is 10.0. The van der Waals surface area contributed by atoms with Crippen LogP contribution in [0.3, 0.4) is 0 Å². The summed E-state index contributed by atoms with van der Waals surface area (Å²) in [4.78, 5) is 10.5. The van der Waals surface area contributed by atoms with E-state index in [0.29, 0.717) is 0 Å². The highest BCUT2D eigenvalue weighted by Gasteiger charge is 2.34. The average Bonchev–Trinajstić information content (AvgIpc) is 2.35. The van der Waals surface area contributed by atoms with E-state index in [1.165, 1.54) is 0 Å². The Morgan fingerprint density at radius 1 is 1.05 bits per heavy atom. The van der Waals surface area contributed by atoms with Crippen LogP contribution < -0.4 is 0 Å². The summed E-state index contributed by atoms with van der Waals surface area (Å²) in [6.07, 6.45) is -4.00. The number of carbonyl (C=O) groups is 1. The Morgan fingerprint density at radius 3 is 1.79 bits per heavy atom. The summed E-state index contributed by atoms with van der Waals surface area (Å²) in [5.41, 5.74) is -3.27. The lowest BCUT2D eigenvalue weighted by Gasteiger charge is -2.18. The highest BCUT2D eigenvalue weighted by molar-refractivity contribution is 9.09. The van der Waals surface area contributed by atoms with Gasteiger partial charge in [0, 0.05) is 5.33 Å². The van der Waals surface area contributed by atoms with Crippen LogP contribution in [-0.4, -0.2) is 32.7 Å². The SMILES string of the molecule is O=C(O)c1c(F)c(F)c(C(O)C(O)CBr)c(F)c1F. The zero-order valence-electron chi connectivity index (χ0n) is 9.00. The molecule has 0 amide bonds. The smallest absolute Gasteiger partial charge is 0.341 e. The summed E-state index contributed by atoms with van der Waals surface area (Å²) in [6.45, 7) is 0. The van der Waals surface area contributed by atoms with Crippen LogP contribution in [0.5, 0.6) is 0 Å². The van der Waals surface area contributed by atoms with Gasteiger partial charge in [0.05, 0.1) is 11.7 Å². The molecule has 0 saturated carbocycles. The maximum Gasteiger partial charge on any atom is 0.341 e. The predicted octanol–water partition coefficient (Wildman–Crippen LogP) is 1.73. The van der Waals surface area contributed by atoms with Gasteiger partial charge < -0.3 is 15.3 Å². The maximum absolute atomic E-state index is 13.5. The highest BCUT2D eigenvalue weighted by Crippen LogP contribution is 2.30. The van der Waals surface area contributed by atoms with Crippen molar-refractivity contribution < 1.29 is 37.7 Å². The third-order valence-corrected chi connectivity index (χ3v) is 2.99. The number of alkyl halides is 1. The van der Waals surface area contributed by atoms with E-state index in [4.69, 9.17) is 5.11 Å². The normalized spacial score (nSPS) is 14.3. The van der Waals surface area contributed by atoms with Gasteiger partial charge in [0.15, 0.2) is 23.3 Å². The van der Waals surface area contributed by atoms with Crippen LogP contribution in [0, 0.1) is 23.3 Å². The Morgan fingerprint density at radius 2 is 1.47 bits per heavy atom. The predicted molar refractivity (Wildman–Crippen MR) is 58.0 cm³/mol. The molecule has 0 aliphatic carbocycles. The molecule has 0 spiro atoms. The maximum atomic E-state index is 13.5. The zero-order chi connectivity index (χ0) is 14.9. The van der Waals surface area contributed by atoms with Crippen molar-refractivity contribution in [2.75, 3.05) is 5.33 Å². The number of rotatable bonds is 4. The number of aliphatic hydroxyl groups excluding tert-OH is 2. The minimum atomic E-state index is -2.26. The van der Waals surface area contributed by atoms with E-state index in [-0.39, 0.29) is 5.33 Å². The molecular weight excluding hydrogens is 340 g/mol. The van der Waals surface area contributed by atoms with Crippen molar-refractivity contribution in [3.05, 3.63) is 34.4 Å². The molecule has 2 unspecified atom stereocenters. The Bertz CT molecular complexity index is 494. The van der Waals surface area contributed by atoms with Crippen LogP contribution in [0.25, 0.3) is 0 Å². The summed E-state index contributed by atoms with van der Waals surface area (Å²) in [5.74, 6) is -10.6. The van der Waals surface area contributed by atoms with E-state index in [2.05, 4.69) is 15.9 Å². The van der Waals surface area contributed by atoms with Gasteiger partial charge in [-0.05, 0) is 0 Å². The van der Waals surface area contributed by atoms with E-state index in [1.807, 2.05) is 0 Å². The highest BCUT2D eigenvalue weighted by atomic mass is 79.9. The van der Waals surface area contributed by atoms with Crippen LogP contribution in [0.1, 0.15) is 22.0 Å². The number of aliphatic hydroxyl groups is 2. The van der Waals surface area contributed by atoms with Crippen LogP contribution >= 0.6 is 15.9 Å². The van der Waals surface area contributed by atoms with Crippen molar-refractivity contribution in [2.24, 2.45) is 0 Å². The van der Waals surface area contributed by atoms with Crippen LogP contribution in [0.15, 0.2) is 0 Å². The average molecular weight is 347 g/mol. The Hall–Kier alpha value is -1.19. The minimum absolute atomic E-state index is 0.322. The lowest BCUT2D eigenvalue weighted by Crippen LogP contribution is -2.24. The largest absolute Gasteiger partial charge is 0.477 e. The van der Waals surface area contributed by atoms with Crippen molar-refractivity contribution >= 4 is 21.9 Å². The Labute approximate surface area is 112 Å². The van der Waals surface area contributed by atoms with Crippen molar-refractivity contribution in [2.45, 2.75) is 12.2 Å². The second-order valence-corrected chi connectivity index (χ2v) is 4.16. The molecule has 3 N–H and O–H groups in total. The summed E-state index contributed by atoms with van der Waals surface area (Å²) < 4.78 is 53.6. The Kier molecular flexibility index (Phi) is 4.88. The van der Waals surface area contributed by atoms with E-state index in [1.54, 1.807) is 0 Å². The van der Waals surface area contributed by atoms with E-state index in [9.17, 15) is 32.6 Å². The molecule has 0 aromatic heterocycles. The van der Waals surface area contributed by atoms with Gasteiger partial charge in [-0.2, -0.15) is 0 Å². The Balaban J connectivity index is 3.57. The van der Waals surface area contributed by atoms with E-state index < -0.39 is 52.6 Å². The molecule has 0 saturated heterocycles. The second-order valence-electron chi connectivity index (χ2n) is 3.52. The summed E-state index contributed by atoms with van der Waals surface area (Å²) in [6, 6.07) is 0. The minimum Gasteiger partial charge on any atom is -0.477 e. The molecule has 0 aliphatic rings. The van der Waals surface area contributed by atoms with Gasteiger partial charge in [-0.25, -0.2) is 22.4 Å². The fourth-order valence-corrected chi connectivity index (χ4v) is 1.73. The summed E-state index contributed by atoms with van der Waals surface area (Å²) in [7, 11) is 0. The van der Waals surface area contributed by atoms with Crippen molar-refractivity contribution in [1.82, 2.24) is 0 Å². The first kappa shape index (κ1) is 15.9. The van der Waals surface area contributed by atoms with Gasteiger partial charge in [-0.1, -0.05) is 15.9 Å². The molecule has 0 radical (unpaired) electrons. The van der Waals surface area contributed by atoms with E-state index in [0.717, 1.165) is 0 Å². The van der Waals surface area contributed by atoms with Crippen LogP contribution in [0.4, 0.5) is 17.6 Å². The van der Waals surface area contributed by atoms with Crippen molar-refractivity contribution in [3.8, 4) is 0 Å². The molecule has 2 atom stereocenters. The van der Waals surface area contributed by atoms with Gasteiger partial charge in [-0.3, -0.25) is 0 Å². The fraction of sp³-hybridized carbons (Fsp3) is 0.300. The molecule has 0 aliphatic heterocycles. The molecule has 0 bridgehead atoms. The number of carboxylic acid groups (broad SMARTS) is 1. The fourth-order valence-electron chi connectivity index (χ4n) is 1.37. The molecule has 4 nitrogen and oxygen atoms in total. The third-order valence-electron chi connectivity index (χ3n) is 2.33.